The van der Waals surface area contributed by atoms with Crippen LogP contribution in [0.5, 0.6) is 0 Å². The quantitative estimate of drug-likeness (QED) is 0.694. The number of hydrogen-bond acceptors (Lipinski definition) is 5. The van der Waals surface area contributed by atoms with E-state index in [2.05, 4.69) is 36.5 Å². The lowest BCUT2D eigenvalue weighted by molar-refractivity contribution is -0.122. The smallest absolute Gasteiger partial charge is 0.276 e. The lowest BCUT2D eigenvalue weighted by atomic mass is 10.1. The zero-order chi connectivity index (χ0) is 20.7. The molecule has 3 aliphatic rings. The Labute approximate surface area is 183 Å². The van der Waals surface area contributed by atoms with Crippen molar-refractivity contribution in [1.82, 2.24) is 30.1 Å². The minimum absolute atomic E-state index is 0.0534. The van der Waals surface area contributed by atoms with Gasteiger partial charge in [-0.05, 0) is 49.9 Å². The summed E-state index contributed by atoms with van der Waals surface area (Å²) in [5.41, 5.74) is 2.31. The summed E-state index contributed by atoms with van der Waals surface area (Å²) in [6.45, 7) is 3.01. The minimum Gasteiger partial charge on any atom is -0.352 e. The second kappa shape index (κ2) is 8.11. The van der Waals surface area contributed by atoms with Gasteiger partial charge < -0.3 is 10.2 Å². The number of piperazine rings is 1. The molecular formula is C21H25BrN6O2. The third-order valence-electron chi connectivity index (χ3n) is 5.91. The van der Waals surface area contributed by atoms with Crippen molar-refractivity contribution in [2.45, 2.75) is 37.6 Å². The summed E-state index contributed by atoms with van der Waals surface area (Å²) >= 11 is 3.46. The number of rotatable bonds is 6. The first-order chi connectivity index (χ1) is 14.6. The fourth-order valence-corrected chi connectivity index (χ4v) is 4.16. The first-order valence-corrected chi connectivity index (χ1v) is 11.4. The van der Waals surface area contributed by atoms with E-state index in [1.807, 2.05) is 33.8 Å². The molecule has 2 aromatic rings. The van der Waals surface area contributed by atoms with Crippen molar-refractivity contribution in [3.63, 3.8) is 0 Å². The summed E-state index contributed by atoms with van der Waals surface area (Å²) in [5, 5.41) is 11.6. The number of nitrogens with one attached hydrogen (secondary N) is 1. The van der Waals surface area contributed by atoms with Crippen LogP contribution in [0.4, 0.5) is 0 Å². The zero-order valence-electron chi connectivity index (χ0n) is 16.8. The van der Waals surface area contributed by atoms with Crippen LogP contribution in [0.3, 0.4) is 0 Å². The number of hydrogen-bond donors (Lipinski definition) is 1. The van der Waals surface area contributed by atoms with Crippen molar-refractivity contribution in [2.75, 3.05) is 32.7 Å². The molecule has 2 heterocycles. The number of benzene rings is 1. The Bertz CT molecular complexity index is 943. The molecule has 2 saturated carbocycles. The third kappa shape index (κ3) is 4.27. The Hall–Kier alpha value is -2.26. The Morgan fingerprint density at radius 3 is 2.37 bits per heavy atom. The summed E-state index contributed by atoms with van der Waals surface area (Å²) in [6, 6.07) is 8.27. The number of nitrogens with zero attached hydrogens (tertiary/aromatic N) is 5. The number of aromatic nitrogens is 3. The van der Waals surface area contributed by atoms with E-state index in [9.17, 15) is 9.59 Å². The van der Waals surface area contributed by atoms with Gasteiger partial charge in [-0.3, -0.25) is 14.5 Å². The number of carbonyl (C=O) groups excluding carboxylic acids is 2. The molecule has 0 spiro atoms. The highest BCUT2D eigenvalue weighted by atomic mass is 79.9. The number of amides is 2. The molecule has 1 aromatic carbocycles. The van der Waals surface area contributed by atoms with Crippen LogP contribution in [0.1, 0.15) is 47.8 Å². The second-order valence-electron chi connectivity index (χ2n) is 8.40. The molecule has 3 fully saturated rings. The number of halogens is 1. The number of carbonyl (C=O) groups is 2. The summed E-state index contributed by atoms with van der Waals surface area (Å²) in [5.74, 6) is 0.378. The Morgan fingerprint density at radius 1 is 1.03 bits per heavy atom. The first kappa shape index (κ1) is 19.7. The molecule has 2 amide bonds. The van der Waals surface area contributed by atoms with Crippen molar-refractivity contribution in [3.05, 3.63) is 40.1 Å². The average Bonchev–Trinajstić information content (AvgIpc) is 3.68. The van der Waals surface area contributed by atoms with Gasteiger partial charge in [0.05, 0.1) is 17.9 Å². The molecule has 2 aliphatic carbocycles. The molecule has 9 heteroatoms. The standard InChI is InChI=1S/C21H25BrN6O2/c22-15-3-7-17(8-4-15)28-20(14-1-2-14)19(24-25-28)21(30)27-11-9-26(10-12-27)13-18(29)23-16-5-6-16/h3-4,7-8,14,16H,1-2,5-6,9-13H2,(H,23,29). The van der Waals surface area contributed by atoms with Gasteiger partial charge in [0.25, 0.3) is 5.91 Å². The van der Waals surface area contributed by atoms with Crippen LogP contribution in [0, 0.1) is 0 Å². The van der Waals surface area contributed by atoms with Gasteiger partial charge in [-0.1, -0.05) is 21.1 Å². The molecule has 5 rings (SSSR count). The molecule has 30 heavy (non-hydrogen) atoms. The average molecular weight is 473 g/mol. The van der Waals surface area contributed by atoms with Crippen molar-refractivity contribution < 1.29 is 9.59 Å². The minimum atomic E-state index is -0.0534. The van der Waals surface area contributed by atoms with E-state index in [1.165, 1.54) is 0 Å². The van der Waals surface area contributed by atoms with Crippen molar-refractivity contribution >= 4 is 27.7 Å². The SMILES string of the molecule is O=C(CN1CCN(C(=O)c2nnn(-c3ccc(Br)cc3)c2C2CC2)CC1)NC1CC1. The van der Waals surface area contributed by atoms with E-state index < -0.39 is 0 Å². The summed E-state index contributed by atoms with van der Waals surface area (Å²) < 4.78 is 2.81. The summed E-state index contributed by atoms with van der Waals surface area (Å²) in [7, 11) is 0. The van der Waals surface area contributed by atoms with Gasteiger partial charge in [0.1, 0.15) is 0 Å². The fourth-order valence-electron chi connectivity index (χ4n) is 3.90. The van der Waals surface area contributed by atoms with Gasteiger partial charge in [-0.2, -0.15) is 0 Å². The summed E-state index contributed by atoms with van der Waals surface area (Å²) in [4.78, 5) is 29.2. The molecule has 0 atom stereocenters. The Morgan fingerprint density at radius 2 is 1.73 bits per heavy atom. The lowest BCUT2D eigenvalue weighted by Crippen LogP contribution is -2.51. The topological polar surface area (TPSA) is 83.4 Å². The van der Waals surface area contributed by atoms with Crippen LogP contribution >= 0.6 is 15.9 Å². The third-order valence-corrected chi connectivity index (χ3v) is 6.44. The van der Waals surface area contributed by atoms with Gasteiger partial charge in [-0.25, -0.2) is 4.68 Å². The van der Waals surface area contributed by atoms with Crippen LogP contribution in [-0.4, -0.2) is 75.4 Å². The van der Waals surface area contributed by atoms with E-state index in [4.69, 9.17) is 0 Å². The van der Waals surface area contributed by atoms with E-state index in [0.29, 0.717) is 50.4 Å². The predicted octanol–water partition coefficient (Wildman–Crippen LogP) is 1.94. The highest BCUT2D eigenvalue weighted by Crippen LogP contribution is 2.42. The van der Waals surface area contributed by atoms with E-state index in [-0.39, 0.29) is 11.8 Å². The van der Waals surface area contributed by atoms with Gasteiger partial charge in [0.15, 0.2) is 5.69 Å². The van der Waals surface area contributed by atoms with E-state index in [1.54, 1.807) is 0 Å². The molecular weight excluding hydrogens is 448 g/mol. The van der Waals surface area contributed by atoms with Gasteiger partial charge in [0.2, 0.25) is 5.91 Å². The molecule has 1 aromatic heterocycles. The maximum Gasteiger partial charge on any atom is 0.276 e. The van der Waals surface area contributed by atoms with Gasteiger partial charge >= 0.3 is 0 Å². The molecule has 0 unspecified atom stereocenters. The van der Waals surface area contributed by atoms with E-state index in [0.717, 1.165) is 41.5 Å². The molecule has 158 valence electrons. The van der Waals surface area contributed by atoms with Gasteiger partial charge in [0, 0.05) is 42.6 Å². The zero-order valence-corrected chi connectivity index (χ0v) is 18.3. The van der Waals surface area contributed by atoms with Crippen LogP contribution in [0.15, 0.2) is 28.7 Å². The van der Waals surface area contributed by atoms with Crippen molar-refractivity contribution in [2.24, 2.45) is 0 Å². The first-order valence-electron chi connectivity index (χ1n) is 10.6. The normalized spacial score (nSPS) is 19.7. The molecule has 1 aliphatic heterocycles. The maximum atomic E-state index is 13.2. The summed E-state index contributed by atoms with van der Waals surface area (Å²) in [6.07, 6.45) is 4.32. The van der Waals surface area contributed by atoms with Gasteiger partial charge in [-0.15, -0.1) is 5.10 Å². The predicted molar refractivity (Wildman–Crippen MR) is 115 cm³/mol. The largest absolute Gasteiger partial charge is 0.352 e. The van der Waals surface area contributed by atoms with Crippen LogP contribution in [0.2, 0.25) is 0 Å². The second-order valence-corrected chi connectivity index (χ2v) is 9.31. The molecule has 0 radical (unpaired) electrons. The van der Waals surface area contributed by atoms with Crippen LogP contribution in [-0.2, 0) is 4.79 Å². The van der Waals surface area contributed by atoms with Crippen molar-refractivity contribution in [3.8, 4) is 5.69 Å². The van der Waals surface area contributed by atoms with Crippen LogP contribution < -0.4 is 5.32 Å². The molecule has 1 saturated heterocycles. The van der Waals surface area contributed by atoms with E-state index >= 15 is 0 Å². The lowest BCUT2D eigenvalue weighted by Gasteiger charge is -2.34. The molecule has 1 N–H and O–H groups in total. The Balaban J connectivity index is 1.26. The highest BCUT2D eigenvalue weighted by molar-refractivity contribution is 9.10. The Kier molecular flexibility index (Phi) is 5.32. The molecule has 8 nitrogen and oxygen atoms in total. The maximum absolute atomic E-state index is 13.2. The highest BCUT2D eigenvalue weighted by Gasteiger charge is 2.36. The molecule has 0 bridgehead atoms. The van der Waals surface area contributed by atoms with Crippen molar-refractivity contribution in [1.29, 1.82) is 0 Å². The fraction of sp³-hybridized carbons (Fsp3) is 0.524. The van der Waals surface area contributed by atoms with Crippen LogP contribution in [0.25, 0.3) is 5.69 Å². The monoisotopic (exact) mass is 472 g/mol.